The molecule has 2 aromatic rings. The summed E-state index contributed by atoms with van der Waals surface area (Å²) < 4.78 is 7.15. The van der Waals surface area contributed by atoms with Crippen LogP contribution >= 0.6 is 0 Å². The second-order valence-electron chi connectivity index (χ2n) is 8.38. The molecule has 2 unspecified atom stereocenters. The molecule has 9 heteroatoms. The predicted octanol–water partition coefficient (Wildman–Crippen LogP) is 3.90. The van der Waals surface area contributed by atoms with Crippen molar-refractivity contribution in [3.8, 4) is 0 Å². The fourth-order valence-corrected chi connectivity index (χ4v) is 3.77. The molecule has 0 radical (unpaired) electrons. The summed E-state index contributed by atoms with van der Waals surface area (Å²) in [5.74, 6) is 0.467. The minimum absolute atomic E-state index is 0.0721. The number of aryl methyl sites for hydroxylation is 2. The van der Waals surface area contributed by atoms with E-state index in [4.69, 9.17) is 4.74 Å². The Morgan fingerprint density at radius 2 is 2.03 bits per heavy atom. The normalized spacial score (nSPS) is 21.1. The van der Waals surface area contributed by atoms with E-state index in [0.29, 0.717) is 11.5 Å². The van der Waals surface area contributed by atoms with Crippen LogP contribution in [0.25, 0.3) is 0 Å². The van der Waals surface area contributed by atoms with Crippen LogP contribution < -0.4 is 10.6 Å². The predicted molar refractivity (Wildman–Crippen MR) is 118 cm³/mol. The first-order chi connectivity index (χ1) is 14.8. The lowest BCUT2D eigenvalue weighted by Gasteiger charge is -2.16. The molecular weight excluding hydrogens is 396 g/mol. The first-order valence-electron chi connectivity index (χ1n) is 11.2. The van der Waals surface area contributed by atoms with Crippen LogP contribution in [0.4, 0.5) is 10.6 Å². The lowest BCUT2D eigenvalue weighted by molar-refractivity contribution is 0.0965. The van der Waals surface area contributed by atoms with Crippen molar-refractivity contribution in [2.75, 3.05) is 5.32 Å². The third kappa shape index (κ3) is 5.65. The number of aromatic nitrogens is 4. The number of aromatic amines is 1. The average molecular weight is 431 g/mol. The van der Waals surface area contributed by atoms with Gasteiger partial charge in [0.15, 0.2) is 5.82 Å². The van der Waals surface area contributed by atoms with Gasteiger partial charge in [-0.25, -0.2) is 4.79 Å². The van der Waals surface area contributed by atoms with Gasteiger partial charge in [0.05, 0.1) is 5.69 Å². The number of hydrogen-bond acceptors (Lipinski definition) is 5. The van der Waals surface area contributed by atoms with Crippen molar-refractivity contribution in [2.45, 2.75) is 83.8 Å². The zero-order valence-electron chi connectivity index (χ0n) is 19.1. The Labute approximate surface area is 183 Å². The van der Waals surface area contributed by atoms with Gasteiger partial charge in [-0.15, -0.1) is 0 Å². The van der Waals surface area contributed by atoms with Gasteiger partial charge in [0.25, 0.3) is 5.91 Å². The van der Waals surface area contributed by atoms with E-state index in [1.54, 1.807) is 17.8 Å². The number of carbonyl (C=O) groups excluding carboxylic acids is 2. The van der Waals surface area contributed by atoms with Crippen LogP contribution in [0.2, 0.25) is 0 Å². The topological polar surface area (TPSA) is 114 Å². The summed E-state index contributed by atoms with van der Waals surface area (Å²) in [6, 6.07) is 3.64. The van der Waals surface area contributed by atoms with Gasteiger partial charge in [-0.1, -0.05) is 20.8 Å². The highest BCUT2D eigenvalue weighted by Crippen LogP contribution is 2.37. The summed E-state index contributed by atoms with van der Waals surface area (Å²) in [7, 11) is 1.75. The molecule has 0 bridgehead atoms. The van der Waals surface area contributed by atoms with Gasteiger partial charge in [-0.05, 0) is 51.5 Å². The number of nitrogens with one attached hydrogen (secondary N) is 3. The third-order valence-corrected chi connectivity index (χ3v) is 5.87. The molecule has 0 saturated heterocycles. The van der Waals surface area contributed by atoms with E-state index >= 15 is 0 Å². The molecule has 2 fully saturated rings. The molecule has 0 spiro atoms. The quantitative estimate of drug-likeness (QED) is 0.643. The Morgan fingerprint density at radius 1 is 1.29 bits per heavy atom. The molecule has 0 aliphatic heterocycles. The summed E-state index contributed by atoms with van der Waals surface area (Å²) in [6.07, 6.45) is 4.86. The number of alkyl carbamates (subject to hydrolysis) is 1. The minimum atomic E-state index is -0.323. The lowest BCUT2D eigenvalue weighted by atomic mass is 10.0. The Balaban J connectivity index is 0.00000132. The summed E-state index contributed by atoms with van der Waals surface area (Å²) >= 11 is 0. The number of amides is 2. The van der Waals surface area contributed by atoms with Gasteiger partial charge >= 0.3 is 6.09 Å². The van der Waals surface area contributed by atoms with Crippen LogP contribution in [0.1, 0.15) is 87.6 Å². The number of carbonyl (C=O) groups is 2. The maximum atomic E-state index is 12.5. The van der Waals surface area contributed by atoms with Gasteiger partial charge in [0.2, 0.25) is 0 Å². The largest absolute Gasteiger partial charge is 0.446 e. The monoisotopic (exact) mass is 430 g/mol. The third-order valence-electron chi connectivity index (χ3n) is 5.87. The number of ether oxygens (including phenoxy) is 1. The van der Waals surface area contributed by atoms with Crippen LogP contribution in [0.5, 0.6) is 0 Å². The minimum Gasteiger partial charge on any atom is -0.446 e. The molecule has 3 N–H and O–H groups in total. The zero-order valence-corrected chi connectivity index (χ0v) is 19.1. The van der Waals surface area contributed by atoms with Crippen LogP contribution in [0, 0.1) is 0 Å². The Bertz CT molecular complexity index is 914. The molecule has 2 amide bonds. The van der Waals surface area contributed by atoms with E-state index < -0.39 is 0 Å². The molecule has 2 aliphatic rings. The smallest absolute Gasteiger partial charge is 0.407 e. The fraction of sp³-hybridized carbons (Fsp3) is 0.636. The number of rotatable bonds is 6. The molecule has 2 heterocycles. The van der Waals surface area contributed by atoms with Crippen LogP contribution in [-0.2, 0) is 18.2 Å². The SMILES string of the molecule is CC.CCc1cc(C(=O)Nc2cc(C3CCC(OC(=O)NC4(C)CC4)C3)[nH]n2)n(C)n1. The molecule has 2 aliphatic carbocycles. The van der Waals surface area contributed by atoms with Gasteiger partial charge in [0, 0.05) is 30.3 Å². The second-order valence-corrected chi connectivity index (χ2v) is 8.38. The van der Waals surface area contributed by atoms with Crippen molar-refractivity contribution in [3.63, 3.8) is 0 Å². The van der Waals surface area contributed by atoms with Crippen molar-refractivity contribution in [2.24, 2.45) is 7.05 Å². The highest BCUT2D eigenvalue weighted by Gasteiger charge is 2.40. The van der Waals surface area contributed by atoms with Crippen molar-refractivity contribution in [3.05, 3.63) is 29.2 Å². The molecule has 0 aromatic carbocycles. The molecule has 4 rings (SSSR count). The molecule has 2 aromatic heterocycles. The van der Waals surface area contributed by atoms with E-state index in [1.807, 2.05) is 33.8 Å². The molecule has 2 saturated carbocycles. The van der Waals surface area contributed by atoms with Crippen LogP contribution in [0.3, 0.4) is 0 Å². The van der Waals surface area contributed by atoms with E-state index in [9.17, 15) is 9.59 Å². The Kier molecular flexibility index (Phi) is 7.02. The van der Waals surface area contributed by atoms with E-state index in [1.165, 1.54) is 0 Å². The fourth-order valence-electron chi connectivity index (χ4n) is 3.77. The summed E-state index contributed by atoms with van der Waals surface area (Å²) in [4.78, 5) is 24.5. The van der Waals surface area contributed by atoms with E-state index in [2.05, 4.69) is 25.9 Å². The molecule has 31 heavy (non-hydrogen) atoms. The van der Waals surface area contributed by atoms with Crippen LogP contribution in [0.15, 0.2) is 12.1 Å². The van der Waals surface area contributed by atoms with Crippen molar-refractivity contribution in [1.82, 2.24) is 25.3 Å². The Morgan fingerprint density at radius 3 is 2.68 bits per heavy atom. The number of nitrogens with zero attached hydrogens (tertiary/aromatic N) is 3. The molecule has 170 valence electrons. The van der Waals surface area contributed by atoms with Crippen molar-refractivity contribution >= 4 is 17.8 Å². The summed E-state index contributed by atoms with van der Waals surface area (Å²) in [5, 5.41) is 17.3. The van der Waals surface area contributed by atoms with Gasteiger partial charge in [-0.3, -0.25) is 14.6 Å². The number of H-pyrrole nitrogens is 1. The van der Waals surface area contributed by atoms with Gasteiger partial charge < -0.3 is 15.4 Å². The maximum absolute atomic E-state index is 12.5. The lowest BCUT2D eigenvalue weighted by Crippen LogP contribution is -2.36. The van der Waals surface area contributed by atoms with Crippen molar-refractivity contribution < 1.29 is 14.3 Å². The van der Waals surface area contributed by atoms with E-state index in [0.717, 1.165) is 49.9 Å². The van der Waals surface area contributed by atoms with Gasteiger partial charge in [0.1, 0.15) is 11.8 Å². The standard InChI is InChI=1S/C20H28N6O3.C2H6/c1-4-13-10-16(26(3)25-13)18(27)21-17-11-15(23-24-17)12-5-6-14(9-12)29-19(28)22-20(2)7-8-20;1-2/h10-12,14H,4-9H2,1-3H3,(H,22,28)(H2,21,23,24,27);1-2H3. The van der Waals surface area contributed by atoms with Crippen LogP contribution in [-0.4, -0.2) is 43.6 Å². The summed E-state index contributed by atoms with van der Waals surface area (Å²) in [6.45, 7) is 8.03. The number of anilines is 1. The van der Waals surface area contributed by atoms with Crippen molar-refractivity contribution in [1.29, 1.82) is 0 Å². The van der Waals surface area contributed by atoms with E-state index in [-0.39, 0.29) is 29.6 Å². The summed E-state index contributed by atoms with van der Waals surface area (Å²) in [5.41, 5.74) is 2.24. The maximum Gasteiger partial charge on any atom is 0.407 e. The first-order valence-corrected chi connectivity index (χ1v) is 11.2. The highest BCUT2D eigenvalue weighted by atomic mass is 16.6. The highest BCUT2D eigenvalue weighted by molar-refractivity contribution is 6.02. The second kappa shape index (κ2) is 9.53. The molecule has 2 atom stereocenters. The average Bonchev–Trinajstić information content (AvgIpc) is 3.16. The molecular formula is C22H34N6O3. The molecule has 9 nitrogen and oxygen atoms in total. The number of hydrogen-bond donors (Lipinski definition) is 3. The zero-order chi connectivity index (χ0) is 22.6. The first kappa shape index (κ1) is 22.8. The van der Waals surface area contributed by atoms with Gasteiger partial charge in [-0.2, -0.15) is 10.2 Å². The Hall–Kier alpha value is -2.84.